The highest BCUT2D eigenvalue weighted by molar-refractivity contribution is 6.09. The Bertz CT molecular complexity index is 1690. The fraction of sp³-hybridized carbons (Fsp3) is 0.0968. The number of carbonyl (C=O) groups is 2. The zero-order valence-corrected chi connectivity index (χ0v) is 19.5. The van der Waals surface area contributed by atoms with Gasteiger partial charge >= 0.3 is 5.97 Å². The average Bonchev–Trinajstić information content (AvgIpc) is 3.48. The first-order valence-corrected chi connectivity index (χ1v) is 12.0. The van der Waals surface area contributed by atoms with Crippen molar-refractivity contribution < 1.29 is 14.7 Å². The molecule has 4 aromatic carbocycles. The molecule has 0 aliphatic heterocycles. The Hall–Kier alpha value is -4.64. The molecule has 5 heteroatoms. The number of carboxylic acid groups (broad SMARTS) is 1. The summed E-state index contributed by atoms with van der Waals surface area (Å²) in [6.07, 6.45) is 1.74. The maximum Gasteiger partial charge on any atom is 0.303 e. The van der Waals surface area contributed by atoms with Crippen molar-refractivity contribution in [2.75, 3.05) is 0 Å². The molecule has 2 heterocycles. The summed E-state index contributed by atoms with van der Waals surface area (Å²) in [5.74, 6) is -1.40. The highest BCUT2D eigenvalue weighted by atomic mass is 16.4. The van der Waals surface area contributed by atoms with Crippen LogP contribution in [0.5, 0.6) is 0 Å². The molecule has 2 N–H and O–H groups in total. The van der Waals surface area contributed by atoms with Crippen molar-refractivity contribution in [2.24, 2.45) is 0 Å². The zero-order chi connectivity index (χ0) is 24.6. The van der Waals surface area contributed by atoms with Gasteiger partial charge in [-0.15, -0.1) is 0 Å². The number of nitrogens with zero attached hydrogens (tertiary/aromatic N) is 1. The summed E-state index contributed by atoms with van der Waals surface area (Å²) in [6.45, 7) is 0. The number of Topliss-reactive ketones (excluding diaryl/α,β-unsaturated/α-hetero) is 1. The molecule has 2 aromatic heterocycles. The Morgan fingerprint density at radius 1 is 0.722 bits per heavy atom. The van der Waals surface area contributed by atoms with Crippen molar-refractivity contribution in [3.8, 4) is 5.69 Å². The molecule has 0 fully saturated rings. The van der Waals surface area contributed by atoms with Gasteiger partial charge in [-0.2, -0.15) is 0 Å². The first-order chi connectivity index (χ1) is 17.6. The Morgan fingerprint density at radius 3 is 1.94 bits per heavy atom. The maximum absolute atomic E-state index is 13.2. The Balaban J connectivity index is 1.36. The number of H-pyrrole nitrogens is 1. The molecule has 0 aliphatic rings. The topological polar surface area (TPSA) is 75.1 Å². The normalized spacial score (nSPS) is 12.3. The van der Waals surface area contributed by atoms with Gasteiger partial charge in [-0.3, -0.25) is 9.59 Å². The van der Waals surface area contributed by atoms with Crippen molar-refractivity contribution in [2.45, 2.75) is 18.8 Å². The molecule has 0 saturated heterocycles. The molecular formula is C31H24N2O3. The van der Waals surface area contributed by atoms with Gasteiger partial charge in [-0.1, -0.05) is 66.7 Å². The number of hydrogen-bond acceptors (Lipinski definition) is 2. The molecule has 36 heavy (non-hydrogen) atoms. The molecule has 176 valence electrons. The lowest BCUT2D eigenvalue weighted by Gasteiger charge is -2.16. The fourth-order valence-corrected chi connectivity index (χ4v) is 5.25. The van der Waals surface area contributed by atoms with Crippen LogP contribution in [0.25, 0.3) is 38.4 Å². The minimum absolute atomic E-state index is 0.0647. The quantitative estimate of drug-likeness (QED) is 0.243. The predicted octanol–water partition coefficient (Wildman–Crippen LogP) is 7.10. The smallest absolute Gasteiger partial charge is 0.303 e. The average molecular weight is 473 g/mol. The van der Waals surface area contributed by atoms with E-state index in [2.05, 4.69) is 33.8 Å². The van der Waals surface area contributed by atoms with E-state index in [1.54, 1.807) is 6.20 Å². The van der Waals surface area contributed by atoms with Crippen molar-refractivity contribution in [1.82, 2.24) is 9.55 Å². The van der Waals surface area contributed by atoms with E-state index >= 15 is 0 Å². The second-order valence-corrected chi connectivity index (χ2v) is 9.13. The van der Waals surface area contributed by atoms with Crippen molar-refractivity contribution >= 4 is 44.5 Å². The number of ketones is 1. The SMILES string of the molecule is O=C(O)CC(CC(=O)c1c[nH]c2ccccc12)c1ccc(-n2c3ccccc3c3ccccc32)cc1. The van der Waals surface area contributed by atoms with Crippen LogP contribution in [-0.2, 0) is 4.79 Å². The number of nitrogens with one attached hydrogen (secondary N) is 1. The lowest BCUT2D eigenvalue weighted by molar-refractivity contribution is -0.137. The fourth-order valence-electron chi connectivity index (χ4n) is 5.25. The van der Waals surface area contributed by atoms with Crippen LogP contribution in [0.2, 0.25) is 0 Å². The van der Waals surface area contributed by atoms with Crippen LogP contribution >= 0.6 is 0 Å². The third-order valence-electron chi connectivity index (χ3n) is 6.95. The van der Waals surface area contributed by atoms with E-state index in [9.17, 15) is 14.7 Å². The van der Waals surface area contributed by atoms with Gasteiger partial charge in [0.1, 0.15) is 0 Å². The summed E-state index contributed by atoms with van der Waals surface area (Å²) in [5, 5.41) is 12.8. The molecule has 0 aliphatic carbocycles. The zero-order valence-electron chi connectivity index (χ0n) is 19.5. The number of rotatable bonds is 7. The van der Waals surface area contributed by atoms with Gasteiger partial charge in [-0.25, -0.2) is 0 Å². The molecule has 0 radical (unpaired) electrons. The van der Waals surface area contributed by atoms with Gasteiger partial charge in [0.05, 0.1) is 17.5 Å². The van der Waals surface area contributed by atoms with E-state index in [4.69, 9.17) is 0 Å². The summed E-state index contributed by atoms with van der Waals surface area (Å²) >= 11 is 0. The lowest BCUT2D eigenvalue weighted by atomic mass is 9.89. The lowest BCUT2D eigenvalue weighted by Crippen LogP contribution is -2.12. The maximum atomic E-state index is 13.2. The Labute approximate surface area is 207 Å². The van der Waals surface area contributed by atoms with Gasteiger partial charge in [0.15, 0.2) is 5.78 Å². The van der Waals surface area contributed by atoms with E-state index in [-0.39, 0.29) is 18.6 Å². The number of carboxylic acids is 1. The summed E-state index contributed by atoms with van der Waals surface area (Å²) in [4.78, 5) is 28.0. The number of carbonyl (C=O) groups excluding carboxylic acids is 1. The van der Waals surface area contributed by atoms with Gasteiger partial charge in [-0.05, 0) is 35.9 Å². The first kappa shape index (κ1) is 21.9. The number of benzene rings is 4. The van der Waals surface area contributed by atoms with E-state index in [0.717, 1.165) is 33.2 Å². The van der Waals surface area contributed by atoms with E-state index in [1.165, 1.54) is 10.8 Å². The standard InChI is InChI=1S/C31H24N2O3/c34-30(26-19-32-27-10-4-1-7-23(26)27)17-21(18-31(35)36)20-13-15-22(16-14-20)33-28-11-5-2-8-24(28)25-9-3-6-12-29(25)33/h1-16,19,21,32H,17-18H2,(H,35,36). The minimum Gasteiger partial charge on any atom is -0.481 e. The van der Waals surface area contributed by atoms with Crippen LogP contribution < -0.4 is 0 Å². The number of aromatic nitrogens is 2. The van der Waals surface area contributed by atoms with Crippen molar-refractivity contribution in [3.63, 3.8) is 0 Å². The van der Waals surface area contributed by atoms with E-state index in [1.807, 2.05) is 72.8 Å². The largest absolute Gasteiger partial charge is 0.481 e. The molecule has 0 saturated carbocycles. The highest BCUT2D eigenvalue weighted by Gasteiger charge is 2.22. The van der Waals surface area contributed by atoms with Crippen LogP contribution in [0.15, 0.2) is 103 Å². The Morgan fingerprint density at radius 2 is 1.31 bits per heavy atom. The molecule has 1 unspecified atom stereocenters. The molecule has 0 bridgehead atoms. The van der Waals surface area contributed by atoms with Crippen LogP contribution in [-0.4, -0.2) is 26.4 Å². The number of fused-ring (bicyclic) bond motifs is 4. The third-order valence-corrected chi connectivity index (χ3v) is 6.95. The number of aliphatic carboxylic acids is 1. The van der Waals surface area contributed by atoms with Gasteiger partial charge < -0.3 is 14.7 Å². The van der Waals surface area contributed by atoms with E-state index in [0.29, 0.717) is 5.56 Å². The summed E-state index contributed by atoms with van der Waals surface area (Å²) < 4.78 is 2.22. The number of hydrogen-bond donors (Lipinski definition) is 2. The molecule has 0 amide bonds. The van der Waals surface area contributed by atoms with Gasteiger partial charge in [0, 0.05) is 51.5 Å². The molecule has 0 spiro atoms. The summed E-state index contributed by atoms with van der Waals surface area (Å²) in [7, 11) is 0. The monoisotopic (exact) mass is 472 g/mol. The first-order valence-electron chi connectivity index (χ1n) is 12.0. The van der Waals surface area contributed by atoms with Crippen molar-refractivity contribution in [1.29, 1.82) is 0 Å². The van der Waals surface area contributed by atoms with Crippen molar-refractivity contribution in [3.05, 3.63) is 114 Å². The second-order valence-electron chi connectivity index (χ2n) is 9.13. The summed E-state index contributed by atoms with van der Waals surface area (Å²) in [6, 6.07) is 32.2. The number of aromatic amines is 1. The van der Waals surface area contributed by atoms with E-state index < -0.39 is 11.9 Å². The minimum atomic E-state index is -0.918. The number of para-hydroxylation sites is 3. The third kappa shape index (κ3) is 3.75. The molecule has 6 rings (SSSR count). The summed E-state index contributed by atoms with van der Waals surface area (Å²) in [5.41, 5.74) is 5.56. The molecular weight excluding hydrogens is 448 g/mol. The molecule has 1 atom stereocenters. The molecule has 6 aromatic rings. The van der Waals surface area contributed by atoms with Gasteiger partial charge in [0.2, 0.25) is 0 Å². The molecule has 5 nitrogen and oxygen atoms in total. The highest BCUT2D eigenvalue weighted by Crippen LogP contribution is 2.33. The Kier molecular flexibility index (Phi) is 5.38. The van der Waals surface area contributed by atoms with Gasteiger partial charge in [0.25, 0.3) is 0 Å². The van der Waals surface area contributed by atoms with Crippen LogP contribution in [0.3, 0.4) is 0 Å². The van der Waals surface area contributed by atoms with Crippen LogP contribution in [0.1, 0.15) is 34.7 Å². The van der Waals surface area contributed by atoms with Crippen LogP contribution in [0, 0.1) is 0 Å². The van der Waals surface area contributed by atoms with Crippen LogP contribution in [0.4, 0.5) is 0 Å². The predicted molar refractivity (Wildman–Crippen MR) is 143 cm³/mol. The second kappa shape index (κ2) is 8.86.